The first-order valence-electron chi connectivity index (χ1n) is 6.99. The summed E-state index contributed by atoms with van der Waals surface area (Å²) in [6.45, 7) is 5.51. The second-order valence-corrected chi connectivity index (χ2v) is 7.56. The molecule has 0 aliphatic heterocycles. The van der Waals surface area contributed by atoms with Crippen molar-refractivity contribution in [3.05, 3.63) is 0 Å². The van der Waals surface area contributed by atoms with E-state index in [1.165, 1.54) is 12.8 Å². The molecule has 3 N–H and O–H groups in total. The number of thioether (sulfide) groups is 1. The van der Waals surface area contributed by atoms with Gasteiger partial charge in [-0.25, -0.2) is 0 Å². The molecular formula is C14H28N2OS. The zero-order valence-electron chi connectivity index (χ0n) is 12.1. The van der Waals surface area contributed by atoms with Crippen LogP contribution in [0, 0.1) is 5.41 Å². The van der Waals surface area contributed by atoms with E-state index in [1.807, 2.05) is 0 Å². The Morgan fingerprint density at radius 1 is 1.28 bits per heavy atom. The van der Waals surface area contributed by atoms with Gasteiger partial charge in [0.2, 0.25) is 5.91 Å². The van der Waals surface area contributed by atoms with Crippen LogP contribution in [0.15, 0.2) is 0 Å². The van der Waals surface area contributed by atoms with Crippen molar-refractivity contribution in [3.8, 4) is 0 Å². The molecule has 0 aromatic heterocycles. The standard InChI is InChI=1S/C14H28N2OS/c1-13(2,18-3)11-16-12(17)14(10-15)8-6-4-5-7-9-14/h4-11,15H2,1-3H3,(H,16,17). The molecule has 0 radical (unpaired) electrons. The fourth-order valence-electron chi connectivity index (χ4n) is 2.48. The molecule has 0 heterocycles. The van der Waals surface area contributed by atoms with Gasteiger partial charge in [-0.05, 0) is 32.9 Å². The predicted molar refractivity (Wildman–Crippen MR) is 79.8 cm³/mol. The fraction of sp³-hybridized carbons (Fsp3) is 0.929. The van der Waals surface area contributed by atoms with Crippen LogP contribution in [0.4, 0.5) is 0 Å². The van der Waals surface area contributed by atoms with Crippen molar-refractivity contribution in [2.75, 3.05) is 19.3 Å². The Morgan fingerprint density at radius 3 is 2.28 bits per heavy atom. The van der Waals surface area contributed by atoms with E-state index in [0.717, 1.165) is 32.2 Å². The quantitative estimate of drug-likeness (QED) is 0.756. The molecule has 4 heteroatoms. The summed E-state index contributed by atoms with van der Waals surface area (Å²) in [6.07, 6.45) is 8.74. The SMILES string of the molecule is CSC(C)(C)CNC(=O)C1(CN)CCCCCC1. The number of nitrogens with one attached hydrogen (secondary N) is 1. The highest BCUT2D eigenvalue weighted by Gasteiger charge is 2.37. The second kappa shape index (κ2) is 6.80. The van der Waals surface area contributed by atoms with Gasteiger partial charge in [0.25, 0.3) is 0 Å². The van der Waals surface area contributed by atoms with E-state index in [0.29, 0.717) is 6.54 Å². The number of hydrogen-bond donors (Lipinski definition) is 2. The van der Waals surface area contributed by atoms with Crippen LogP contribution >= 0.6 is 11.8 Å². The minimum atomic E-state index is -0.301. The summed E-state index contributed by atoms with van der Waals surface area (Å²) >= 11 is 1.78. The van der Waals surface area contributed by atoms with E-state index in [1.54, 1.807) is 11.8 Å². The molecule has 1 aliphatic carbocycles. The molecule has 3 nitrogen and oxygen atoms in total. The molecule has 1 rings (SSSR count). The van der Waals surface area contributed by atoms with Gasteiger partial charge in [0.15, 0.2) is 0 Å². The lowest BCUT2D eigenvalue weighted by atomic mass is 9.79. The summed E-state index contributed by atoms with van der Waals surface area (Å²) in [7, 11) is 0. The molecule has 1 amide bonds. The molecule has 1 fully saturated rings. The summed E-state index contributed by atoms with van der Waals surface area (Å²) in [5.41, 5.74) is 5.61. The molecule has 0 aromatic carbocycles. The van der Waals surface area contributed by atoms with Gasteiger partial charge in [0.05, 0.1) is 5.41 Å². The van der Waals surface area contributed by atoms with Crippen LogP contribution in [0.1, 0.15) is 52.4 Å². The molecule has 106 valence electrons. The second-order valence-electron chi connectivity index (χ2n) is 6.05. The van der Waals surface area contributed by atoms with Crippen molar-refractivity contribution in [2.45, 2.75) is 57.1 Å². The third-order valence-corrected chi connectivity index (χ3v) is 5.41. The Morgan fingerprint density at radius 2 is 1.83 bits per heavy atom. The van der Waals surface area contributed by atoms with Crippen molar-refractivity contribution in [3.63, 3.8) is 0 Å². The molecule has 0 spiro atoms. The predicted octanol–water partition coefficient (Wildman–Crippen LogP) is 2.54. The summed E-state index contributed by atoms with van der Waals surface area (Å²) in [4.78, 5) is 12.5. The number of nitrogens with two attached hydrogens (primary N) is 1. The Bertz CT molecular complexity index is 271. The van der Waals surface area contributed by atoms with E-state index in [2.05, 4.69) is 25.4 Å². The van der Waals surface area contributed by atoms with Gasteiger partial charge >= 0.3 is 0 Å². The highest BCUT2D eigenvalue weighted by molar-refractivity contribution is 7.99. The van der Waals surface area contributed by atoms with Gasteiger partial charge in [-0.3, -0.25) is 4.79 Å². The fourth-order valence-corrected chi connectivity index (χ4v) is 2.70. The zero-order chi connectivity index (χ0) is 13.6. The molecule has 18 heavy (non-hydrogen) atoms. The van der Waals surface area contributed by atoms with Crippen LogP contribution in [0.25, 0.3) is 0 Å². The average molecular weight is 272 g/mol. The van der Waals surface area contributed by atoms with E-state index in [4.69, 9.17) is 5.73 Å². The van der Waals surface area contributed by atoms with Crippen molar-refractivity contribution in [1.29, 1.82) is 0 Å². The van der Waals surface area contributed by atoms with E-state index < -0.39 is 0 Å². The first kappa shape index (κ1) is 15.8. The van der Waals surface area contributed by atoms with Gasteiger partial charge in [0.1, 0.15) is 0 Å². The minimum Gasteiger partial charge on any atom is -0.354 e. The van der Waals surface area contributed by atoms with Crippen LogP contribution in [0.2, 0.25) is 0 Å². The Balaban J connectivity index is 2.61. The first-order valence-corrected chi connectivity index (χ1v) is 8.22. The van der Waals surface area contributed by atoms with Crippen molar-refractivity contribution < 1.29 is 4.79 Å². The number of rotatable bonds is 5. The topological polar surface area (TPSA) is 55.1 Å². The Hall–Kier alpha value is -0.220. The van der Waals surface area contributed by atoms with Crippen LogP contribution in [0.5, 0.6) is 0 Å². The lowest BCUT2D eigenvalue weighted by Crippen LogP contribution is -2.48. The summed E-state index contributed by atoms with van der Waals surface area (Å²) in [5, 5.41) is 3.12. The van der Waals surface area contributed by atoms with E-state index >= 15 is 0 Å². The van der Waals surface area contributed by atoms with Gasteiger partial charge in [-0.2, -0.15) is 11.8 Å². The molecular weight excluding hydrogens is 244 g/mol. The minimum absolute atomic E-state index is 0.0934. The molecule has 1 aliphatic rings. The summed E-state index contributed by atoms with van der Waals surface area (Å²) in [6, 6.07) is 0. The van der Waals surface area contributed by atoms with Crippen LogP contribution in [-0.2, 0) is 4.79 Å². The highest BCUT2D eigenvalue weighted by Crippen LogP contribution is 2.34. The van der Waals surface area contributed by atoms with Crippen molar-refractivity contribution >= 4 is 17.7 Å². The van der Waals surface area contributed by atoms with Gasteiger partial charge < -0.3 is 11.1 Å². The van der Waals surface area contributed by atoms with E-state index in [-0.39, 0.29) is 16.1 Å². The molecule has 0 saturated heterocycles. The molecule has 0 aromatic rings. The third-order valence-electron chi connectivity index (χ3n) is 4.16. The maximum atomic E-state index is 12.5. The first-order chi connectivity index (χ1) is 8.46. The normalized spacial score (nSPS) is 20.2. The molecule has 0 atom stereocenters. The van der Waals surface area contributed by atoms with Gasteiger partial charge in [-0.15, -0.1) is 0 Å². The number of carbonyl (C=O) groups excluding carboxylic acids is 1. The average Bonchev–Trinajstić information content (AvgIpc) is 2.62. The van der Waals surface area contributed by atoms with Crippen molar-refractivity contribution in [1.82, 2.24) is 5.32 Å². The number of hydrogen-bond acceptors (Lipinski definition) is 3. The molecule has 0 unspecified atom stereocenters. The number of carbonyl (C=O) groups is 1. The summed E-state index contributed by atoms with van der Waals surface area (Å²) < 4.78 is 0.0934. The van der Waals surface area contributed by atoms with Gasteiger partial charge in [-0.1, -0.05) is 25.7 Å². The zero-order valence-corrected chi connectivity index (χ0v) is 12.9. The Kier molecular flexibility index (Phi) is 5.99. The Labute approximate surface area is 116 Å². The monoisotopic (exact) mass is 272 g/mol. The lowest BCUT2D eigenvalue weighted by molar-refractivity contribution is -0.131. The smallest absolute Gasteiger partial charge is 0.227 e. The molecule has 1 saturated carbocycles. The third kappa shape index (κ3) is 4.16. The van der Waals surface area contributed by atoms with Crippen LogP contribution < -0.4 is 11.1 Å². The largest absolute Gasteiger partial charge is 0.354 e. The van der Waals surface area contributed by atoms with Crippen LogP contribution in [0.3, 0.4) is 0 Å². The van der Waals surface area contributed by atoms with Crippen LogP contribution in [-0.4, -0.2) is 30.0 Å². The summed E-state index contributed by atoms with van der Waals surface area (Å²) in [5.74, 6) is 0.175. The number of amides is 1. The van der Waals surface area contributed by atoms with E-state index in [9.17, 15) is 4.79 Å². The molecule has 0 bridgehead atoms. The highest BCUT2D eigenvalue weighted by atomic mass is 32.2. The lowest BCUT2D eigenvalue weighted by Gasteiger charge is -2.32. The van der Waals surface area contributed by atoms with Gasteiger partial charge in [0, 0.05) is 17.8 Å². The maximum Gasteiger partial charge on any atom is 0.227 e. The maximum absolute atomic E-state index is 12.5. The van der Waals surface area contributed by atoms with Crippen molar-refractivity contribution in [2.24, 2.45) is 11.1 Å².